The summed E-state index contributed by atoms with van der Waals surface area (Å²) in [7, 11) is -3.48. The highest BCUT2D eigenvalue weighted by Gasteiger charge is 2.22. The van der Waals surface area contributed by atoms with Gasteiger partial charge >= 0.3 is 0 Å². The van der Waals surface area contributed by atoms with Crippen LogP contribution in [0.1, 0.15) is 20.8 Å². The maximum absolute atomic E-state index is 12.6. The second kappa shape index (κ2) is 9.59. The number of benzene rings is 1. The molecule has 0 radical (unpaired) electrons. The second-order valence-corrected chi connectivity index (χ2v) is 9.06. The molecular weight excluding hydrogens is 402 g/mol. The third-order valence-electron chi connectivity index (χ3n) is 5.44. The van der Waals surface area contributed by atoms with E-state index in [4.69, 9.17) is 5.73 Å². The van der Waals surface area contributed by atoms with Crippen LogP contribution in [0.4, 0.5) is 23.0 Å². The number of sulfonamides is 1. The maximum atomic E-state index is 12.6. The van der Waals surface area contributed by atoms with E-state index in [1.807, 2.05) is 13.8 Å². The van der Waals surface area contributed by atoms with Crippen molar-refractivity contribution in [2.45, 2.75) is 25.7 Å². The molecule has 0 aliphatic carbocycles. The molecule has 1 aromatic carbocycles. The Morgan fingerprint density at radius 1 is 1.03 bits per heavy atom. The quantitative estimate of drug-likeness (QED) is 0.651. The van der Waals surface area contributed by atoms with Crippen LogP contribution in [-0.2, 0) is 10.0 Å². The molecule has 2 aromatic rings. The van der Waals surface area contributed by atoms with Gasteiger partial charge in [0.25, 0.3) is 0 Å². The van der Waals surface area contributed by atoms with E-state index < -0.39 is 10.0 Å². The summed E-state index contributed by atoms with van der Waals surface area (Å²) in [5.41, 5.74) is 7.56. The molecule has 1 aliphatic heterocycles. The molecule has 10 heteroatoms. The summed E-state index contributed by atoms with van der Waals surface area (Å²) in [6, 6.07) is 6.63. The summed E-state index contributed by atoms with van der Waals surface area (Å²) in [4.78, 5) is 13.5. The van der Waals surface area contributed by atoms with E-state index in [9.17, 15) is 8.42 Å². The fourth-order valence-electron chi connectivity index (χ4n) is 3.57. The van der Waals surface area contributed by atoms with Crippen molar-refractivity contribution >= 4 is 33.0 Å². The van der Waals surface area contributed by atoms with E-state index in [-0.39, 0.29) is 4.90 Å². The number of hydrogen-bond donors (Lipinski definition) is 2. The van der Waals surface area contributed by atoms with Gasteiger partial charge in [0.05, 0.1) is 4.90 Å². The van der Waals surface area contributed by atoms with Crippen LogP contribution in [0.15, 0.2) is 35.5 Å². The van der Waals surface area contributed by atoms with Gasteiger partial charge in [-0.15, -0.1) is 0 Å². The van der Waals surface area contributed by atoms with Crippen molar-refractivity contribution in [3.63, 3.8) is 0 Å². The van der Waals surface area contributed by atoms with Crippen LogP contribution in [0.5, 0.6) is 0 Å². The van der Waals surface area contributed by atoms with Crippen molar-refractivity contribution in [2.24, 2.45) is 0 Å². The zero-order valence-electron chi connectivity index (χ0n) is 17.9. The Hall–Kier alpha value is -2.43. The lowest BCUT2D eigenvalue weighted by molar-refractivity contribution is 0.270. The van der Waals surface area contributed by atoms with Crippen molar-refractivity contribution in [1.29, 1.82) is 0 Å². The maximum Gasteiger partial charge on any atom is 0.243 e. The number of nitrogens with one attached hydrogen (secondary N) is 1. The molecule has 0 spiro atoms. The molecule has 0 amide bonds. The predicted molar refractivity (Wildman–Crippen MR) is 121 cm³/mol. The van der Waals surface area contributed by atoms with Crippen LogP contribution >= 0.6 is 0 Å². The van der Waals surface area contributed by atoms with Gasteiger partial charge in [-0.05, 0) is 30.8 Å². The molecule has 1 fully saturated rings. The van der Waals surface area contributed by atoms with E-state index in [2.05, 4.69) is 32.0 Å². The molecule has 1 saturated heterocycles. The zero-order valence-corrected chi connectivity index (χ0v) is 18.7. The SMILES string of the molecule is CCN1CCN(c2ncnc(Nc3ccc(S(=O)(=O)N(CC)CC)cc3)c2N)CC1. The van der Waals surface area contributed by atoms with Gasteiger partial charge < -0.3 is 20.9 Å². The number of rotatable bonds is 8. The Kier molecular flexibility index (Phi) is 7.11. The minimum absolute atomic E-state index is 0.266. The molecule has 3 N–H and O–H groups in total. The summed E-state index contributed by atoms with van der Waals surface area (Å²) < 4.78 is 26.7. The molecular formula is C20H31N7O2S. The lowest BCUT2D eigenvalue weighted by Gasteiger charge is -2.35. The first-order valence-electron chi connectivity index (χ1n) is 10.4. The monoisotopic (exact) mass is 433 g/mol. The Bertz CT molecular complexity index is 938. The van der Waals surface area contributed by atoms with E-state index in [1.54, 1.807) is 24.3 Å². The number of hydrogen-bond acceptors (Lipinski definition) is 8. The van der Waals surface area contributed by atoms with Gasteiger partial charge in [-0.1, -0.05) is 20.8 Å². The lowest BCUT2D eigenvalue weighted by Crippen LogP contribution is -2.46. The fraction of sp³-hybridized carbons (Fsp3) is 0.500. The standard InChI is InChI=1S/C20H31N7O2S/c1-4-25-11-13-26(14-12-25)20-18(21)19(22-15-23-20)24-16-7-9-17(10-8-16)30(28,29)27(5-2)6-3/h7-10,15H,4-6,11-14,21H2,1-3H3,(H,22,23,24). The van der Waals surface area contributed by atoms with Crippen LogP contribution in [0.25, 0.3) is 0 Å². The highest BCUT2D eigenvalue weighted by atomic mass is 32.2. The average molecular weight is 434 g/mol. The van der Waals surface area contributed by atoms with Gasteiger partial charge in [-0.25, -0.2) is 18.4 Å². The van der Waals surface area contributed by atoms with E-state index in [0.29, 0.717) is 30.3 Å². The highest BCUT2D eigenvalue weighted by Crippen LogP contribution is 2.29. The first kappa shape index (κ1) is 22.3. The smallest absolute Gasteiger partial charge is 0.243 e. The van der Waals surface area contributed by atoms with Crippen molar-refractivity contribution < 1.29 is 8.42 Å². The van der Waals surface area contributed by atoms with E-state index in [1.165, 1.54) is 10.6 Å². The average Bonchev–Trinajstić information content (AvgIpc) is 2.76. The molecule has 0 bridgehead atoms. The van der Waals surface area contributed by atoms with Gasteiger partial charge in [0.2, 0.25) is 10.0 Å². The highest BCUT2D eigenvalue weighted by molar-refractivity contribution is 7.89. The van der Waals surface area contributed by atoms with Crippen molar-refractivity contribution in [2.75, 3.05) is 61.8 Å². The molecule has 0 saturated carbocycles. The number of nitrogens with two attached hydrogens (primary N) is 1. The molecule has 3 rings (SSSR count). The predicted octanol–water partition coefficient (Wildman–Crippen LogP) is 1.97. The molecule has 0 unspecified atom stereocenters. The fourth-order valence-corrected chi connectivity index (χ4v) is 5.03. The first-order valence-corrected chi connectivity index (χ1v) is 11.8. The topological polar surface area (TPSA) is 108 Å². The molecule has 30 heavy (non-hydrogen) atoms. The normalized spacial score (nSPS) is 15.5. The molecule has 1 aliphatic rings. The summed E-state index contributed by atoms with van der Waals surface area (Å²) in [6.07, 6.45) is 1.50. The lowest BCUT2D eigenvalue weighted by atomic mass is 10.3. The minimum Gasteiger partial charge on any atom is -0.393 e. The van der Waals surface area contributed by atoms with Crippen molar-refractivity contribution in [3.8, 4) is 0 Å². The molecule has 9 nitrogen and oxygen atoms in total. The van der Waals surface area contributed by atoms with Crippen LogP contribution < -0.4 is 16.0 Å². The third-order valence-corrected chi connectivity index (χ3v) is 7.51. The second-order valence-electron chi connectivity index (χ2n) is 7.12. The largest absolute Gasteiger partial charge is 0.393 e. The van der Waals surface area contributed by atoms with E-state index >= 15 is 0 Å². The number of anilines is 4. The summed E-state index contributed by atoms with van der Waals surface area (Å²) in [5, 5.41) is 3.19. The summed E-state index contributed by atoms with van der Waals surface area (Å²) in [6.45, 7) is 11.4. The Morgan fingerprint density at radius 2 is 1.67 bits per heavy atom. The van der Waals surface area contributed by atoms with Gasteiger partial charge in [-0.3, -0.25) is 0 Å². The van der Waals surface area contributed by atoms with Gasteiger partial charge in [0, 0.05) is 45.0 Å². The Labute approximate surface area is 179 Å². The van der Waals surface area contributed by atoms with E-state index in [0.717, 1.165) is 38.5 Å². The van der Waals surface area contributed by atoms with Crippen LogP contribution in [0.3, 0.4) is 0 Å². The summed E-state index contributed by atoms with van der Waals surface area (Å²) in [5.74, 6) is 1.24. The molecule has 2 heterocycles. The number of piperazine rings is 1. The van der Waals surface area contributed by atoms with Gasteiger partial charge in [-0.2, -0.15) is 4.31 Å². The molecule has 164 valence electrons. The number of nitrogens with zero attached hydrogens (tertiary/aromatic N) is 5. The number of nitrogen functional groups attached to an aromatic ring is 1. The van der Waals surface area contributed by atoms with Crippen molar-refractivity contribution in [1.82, 2.24) is 19.2 Å². The molecule has 1 aromatic heterocycles. The zero-order chi connectivity index (χ0) is 21.7. The Morgan fingerprint density at radius 3 is 2.23 bits per heavy atom. The number of likely N-dealkylation sites (N-methyl/N-ethyl adjacent to an activating group) is 1. The van der Waals surface area contributed by atoms with Gasteiger partial charge in [0.1, 0.15) is 12.0 Å². The van der Waals surface area contributed by atoms with Crippen LogP contribution in [-0.4, -0.2) is 73.4 Å². The minimum atomic E-state index is -3.48. The van der Waals surface area contributed by atoms with Gasteiger partial charge in [0.15, 0.2) is 11.6 Å². The third kappa shape index (κ3) is 4.66. The van der Waals surface area contributed by atoms with Crippen molar-refractivity contribution in [3.05, 3.63) is 30.6 Å². The molecule has 0 atom stereocenters. The van der Waals surface area contributed by atoms with Crippen LogP contribution in [0, 0.1) is 0 Å². The number of aromatic nitrogens is 2. The first-order chi connectivity index (χ1) is 14.4. The Balaban J connectivity index is 1.76. The van der Waals surface area contributed by atoms with Crippen LogP contribution in [0.2, 0.25) is 0 Å². The summed E-state index contributed by atoms with van der Waals surface area (Å²) >= 11 is 0.